The third-order valence-corrected chi connectivity index (χ3v) is 15.4. The standard InChI is InChI=1S/C63H65N9O12/c1-36(2)58(69-56(73)10-7-6-8-21-70-57(74)30-55(63(70)79)84-46-19-11-38(31-64)12-20-46)60(76)67-37(3)59(75)68-43-17-15-40(16-18-43)42-25-45-33-66-50-29-54(52(81-5)27-48(50)62(78)72(45)35-42)83-23-9-22-82-53-28-49-47(26-51(53)80-4)61(77)71-34-41(39-13-14-39)24-44(71)32-65-49/h11-12,15-20,26-30,32-37,39,44-45,58H,6-10,13-14,21-25H2,1-5H3,(H,67,76)(H,68,75)(H,69,73)/t37-,44-,45?,58?/m1/s1. The number of amides is 7. The number of benzene rings is 4. The topological polar surface area (TPSA) is 260 Å². The van der Waals surface area contributed by atoms with Crippen molar-refractivity contribution < 1.29 is 57.2 Å². The zero-order valence-electron chi connectivity index (χ0n) is 47.3. The number of carbonyl (C=O) groups excluding carboxylic acids is 7. The van der Waals surface area contributed by atoms with Crippen LogP contribution >= 0.6 is 0 Å². The van der Waals surface area contributed by atoms with Gasteiger partial charge in [-0.25, -0.2) is 0 Å². The minimum absolute atomic E-state index is 0.0969. The van der Waals surface area contributed by atoms with Crippen LogP contribution in [0.5, 0.6) is 28.7 Å². The molecule has 0 spiro atoms. The van der Waals surface area contributed by atoms with Crippen molar-refractivity contribution in [3.63, 3.8) is 0 Å². The zero-order valence-corrected chi connectivity index (χ0v) is 47.3. The summed E-state index contributed by atoms with van der Waals surface area (Å²) in [6.45, 7) is 5.79. The molecule has 0 radical (unpaired) electrons. The molecule has 4 aromatic carbocycles. The zero-order chi connectivity index (χ0) is 59.2. The van der Waals surface area contributed by atoms with Crippen LogP contribution in [0.1, 0.15) is 110 Å². The van der Waals surface area contributed by atoms with Crippen LogP contribution in [-0.4, -0.2) is 127 Å². The fraction of sp³-hybridized carbons (Fsp3) is 0.365. The Hall–Kier alpha value is -9.58. The van der Waals surface area contributed by atoms with Crippen molar-refractivity contribution in [3.05, 3.63) is 125 Å². The number of carbonyl (C=O) groups is 7. The van der Waals surface area contributed by atoms with Crippen molar-refractivity contribution >= 4 is 76.4 Å². The molecule has 434 valence electrons. The first-order chi connectivity index (χ1) is 40.6. The largest absolute Gasteiger partial charge is 0.493 e. The molecule has 3 N–H and O–H groups in total. The van der Waals surface area contributed by atoms with Gasteiger partial charge in [-0.3, -0.25) is 48.4 Å². The number of imide groups is 1. The molecule has 4 aromatic rings. The van der Waals surface area contributed by atoms with Crippen LogP contribution in [0.25, 0.3) is 5.57 Å². The third kappa shape index (κ3) is 12.9. The van der Waals surface area contributed by atoms with E-state index in [1.54, 1.807) is 85.3 Å². The van der Waals surface area contributed by atoms with Gasteiger partial charge in [0.1, 0.15) is 17.8 Å². The van der Waals surface area contributed by atoms with E-state index in [-0.39, 0.29) is 67.7 Å². The number of unbranched alkanes of at least 4 members (excludes halogenated alkanes) is 2. The van der Waals surface area contributed by atoms with E-state index in [2.05, 4.69) is 16.0 Å². The van der Waals surface area contributed by atoms with Crippen LogP contribution in [0.15, 0.2) is 113 Å². The Labute approximate surface area is 486 Å². The lowest BCUT2D eigenvalue weighted by atomic mass is 10.0. The Bertz CT molecular complexity index is 3490. The summed E-state index contributed by atoms with van der Waals surface area (Å²) in [5.74, 6) is -0.604. The molecule has 1 aliphatic carbocycles. The van der Waals surface area contributed by atoms with Gasteiger partial charge in [0.25, 0.3) is 23.6 Å². The molecule has 21 heteroatoms. The van der Waals surface area contributed by atoms with Crippen LogP contribution in [0.4, 0.5) is 17.1 Å². The SMILES string of the molecule is COc1cc2c(cc1OCCCOc1cc3c(cc1OC)C(=O)N1C=C(C4CC4)C[C@@H]1C=N3)N=CC1CC(c3ccc(NC(=O)[C@@H](C)NC(=O)C(NC(=O)CCCCCN4C(=O)C=C(Oc5ccc(C#N)cc5)C4=O)C(C)C)cc3)=CN1C2=O. The lowest BCUT2D eigenvalue weighted by Gasteiger charge is -2.24. The third-order valence-electron chi connectivity index (χ3n) is 15.4. The lowest BCUT2D eigenvalue weighted by Crippen LogP contribution is -2.53. The predicted molar refractivity (Wildman–Crippen MR) is 310 cm³/mol. The fourth-order valence-corrected chi connectivity index (χ4v) is 10.5. The van der Waals surface area contributed by atoms with Crippen molar-refractivity contribution in [3.8, 4) is 34.8 Å². The Kier molecular flexibility index (Phi) is 17.3. The summed E-state index contributed by atoms with van der Waals surface area (Å²) in [6, 6.07) is 19.8. The van der Waals surface area contributed by atoms with Crippen LogP contribution in [0.2, 0.25) is 0 Å². The number of ether oxygens (including phenoxy) is 5. The summed E-state index contributed by atoms with van der Waals surface area (Å²) in [7, 11) is 3.04. The number of rotatable bonds is 24. The minimum Gasteiger partial charge on any atom is -0.493 e. The normalized spacial score (nSPS) is 18.2. The van der Waals surface area contributed by atoms with E-state index in [0.29, 0.717) is 101 Å². The van der Waals surface area contributed by atoms with Crippen LogP contribution < -0.4 is 39.6 Å². The highest BCUT2D eigenvalue weighted by Gasteiger charge is 2.39. The second kappa shape index (κ2) is 25.3. The van der Waals surface area contributed by atoms with Gasteiger partial charge in [-0.1, -0.05) is 32.4 Å². The smallest absolute Gasteiger partial charge is 0.296 e. The number of aliphatic imine (C=N–C) groups is 2. The van der Waals surface area contributed by atoms with Crippen molar-refractivity contribution in [1.82, 2.24) is 25.3 Å². The van der Waals surface area contributed by atoms with E-state index < -0.39 is 35.7 Å². The summed E-state index contributed by atoms with van der Waals surface area (Å²) in [5, 5.41) is 17.3. The molecule has 7 amide bonds. The van der Waals surface area contributed by atoms with E-state index in [1.807, 2.05) is 36.8 Å². The van der Waals surface area contributed by atoms with Gasteiger partial charge in [-0.15, -0.1) is 0 Å². The second-order valence-corrected chi connectivity index (χ2v) is 21.7. The summed E-state index contributed by atoms with van der Waals surface area (Å²) in [4.78, 5) is 107. The molecule has 6 aliphatic rings. The quantitative estimate of drug-likeness (QED) is 0.0443. The summed E-state index contributed by atoms with van der Waals surface area (Å²) in [5.41, 5.74) is 5.73. The summed E-state index contributed by atoms with van der Waals surface area (Å²) in [6.07, 6.45) is 14.2. The Morgan fingerprint density at radius 1 is 0.702 bits per heavy atom. The second-order valence-electron chi connectivity index (χ2n) is 21.7. The van der Waals surface area contributed by atoms with Crippen LogP contribution in [-0.2, 0) is 24.0 Å². The predicted octanol–water partition coefficient (Wildman–Crippen LogP) is 8.10. The fourth-order valence-electron chi connectivity index (χ4n) is 10.5. The molecule has 10 rings (SSSR count). The number of anilines is 1. The van der Waals surface area contributed by atoms with Gasteiger partial charge in [-0.2, -0.15) is 5.26 Å². The Morgan fingerprint density at radius 3 is 1.92 bits per heavy atom. The molecule has 5 aliphatic heterocycles. The molecule has 84 heavy (non-hydrogen) atoms. The van der Waals surface area contributed by atoms with E-state index in [9.17, 15) is 33.6 Å². The lowest BCUT2D eigenvalue weighted by molar-refractivity contribution is -0.138. The number of methoxy groups -OCH3 is 2. The van der Waals surface area contributed by atoms with Gasteiger partial charge in [-0.05, 0) is 116 Å². The van der Waals surface area contributed by atoms with E-state index in [1.165, 1.54) is 44.8 Å². The van der Waals surface area contributed by atoms with Gasteiger partial charge < -0.3 is 49.4 Å². The van der Waals surface area contributed by atoms with Crippen LogP contribution in [0.3, 0.4) is 0 Å². The van der Waals surface area contributed by atoms with Gasteiger partial charge in [0.15, 0.2) is 28.8 Å². The summed E-state index contributed by atoms with van der Waals surface area (Å²) < 4.78 is 29.2. The molecule has 1 saturated carbocycles. The number of hydrogen-bond acceptors (Lipinski definition) is 15. The number of nitrogens with zero attached hydrogens (tertiary/aromatic N) is 6. The van der Waals surface area contributed by atoms with Crippen LogP contribution in [0, 0.1) is 23.2 Å². The molecule has 0 aromatic heterocycles. The van der Waals surface area contributed by atoms with Crippen molar-refractivity contribution in [2.75, 3.05) is 39.3 Å². The van der Waals surface area contributed by atoms with E-state index >= 15 is 0 Å². The van der Waals surface area contributed by atoms with Crippen molar-refractivity contribution in [2.24, 2.45) is 21.8 Å². The molecule has 0 bridgehead atoms. The maximum atomic E-state index is 14.1. The number of fused-ring (bicyclic) bond motifs is 4. The monoisotopic (exact) mass is 1140 g/mol. The molecule has 1 fully saturated rings. The first-order valence-electron chi connectivity index (χ1n) is 28.2. The van der Waals surface area contributed by atoms with Gasteiger partial charge in [0.05, 0.1) is 79.7 Å². The van der Waals surface area contributed by atoms with E-state index in [0.717, 1.165) is 28.5 Å². The molecule has 21 nitrogen and oxygen atoms in total. The molecular formula is C63H65N9O12. The average Bonchev–Trinajstić information content (AvgIpc) is 3.75. The average molecular weight is 1140 g/mol. The minimum atomic E-state index is -0.952. The molecule has 5 heterocycles. The first kappa shape index (κ1) is 57.6. The molecular weight excluding hydrogens is 1070 g/mol. The number of nitrogens with one attached hydrogen (secondary N) is 3. The van der Waals surface area contributed by atoms with Gasteiger partial charge >= 0.3 is 0 Å². The van der Waals surface area contributed by atoms with Gasteiger partial charge in [0, 0.05) is 68.5 Å². The van der Waals surface area contributed by atoms with Crippen molar-refractivity contribution in [2.45, 2.75) is 103 Å². The molecule has 4 atom stereocenters. The molecule has 0 saturated heterocycles. The maximum absolute atomic E-state index is 14.1. The number of nitriles is 1. The maximum Gasteiger partial charge on any atom is 0.296 e. The highest BCUT2D eigenvalue weighted by Crippen LogP contribution is 2.45. The Balaban J connectivity index is 0.657. The highest BCUT2D eigenvalue weighted by molar-refractivity contribution is 6.15. The first-order valence-corrected chi connectivity index (χ1v) is 28.2. The van der Waals surface area contributed by atoms with Crippen molar-refractivity contribution in [1.29, 1.82) is 5.26 Å². The summed E-state index contributed by atoms with van der Waals surface area (Å²) >= 11 is 0. The van der Waals surface area contributed by atoms with Gasteiger partial charge in [0.2, 0.25) is 17.7 Å². The van der Waals surface area contributed by atoms with E-state index in [4.69, 9.17) is 38.9 Å². The highest BCUT2D eigenvalue weighted by atomic mass is 16.5. The number of hydrogen-bond donors (Lipinski definition) is 3. The Morgan fingerprint density at radius 2 is 1.32 bits per heavy atom. The molecule has 2 unspecified atom stereocenters.